The Hall–Kier alpha value is -2.17. The molecule has 2 aromatic carbocycles. The normalized spacial score (nSPS) is 18.6. The van der Waals surface area contributed by atoms with Crippen molar-refractivity contribution in [2.75, 3.05) is 18.4 Å². The molecule has 1 saturated heterocycles. The van der Waals surface area contributed by atoms with E-state index in [4.69, 9.17) is 0 Å². The van der Waals surface area contributed by atoms with Crippen molar-refractivity contribution >= 4 is 11.6 Å². The number of amides is 1. The molecule has 0 aliphatic carbocycles. The molecule has 120 valence electrons. The standard InChI is InChI=1S/C19H22N2O2/c22-18-7-4-12-21(14-18)13-15-8-10-16(11-9-15)19(23)20-17-5-2-1-3-6-17/h1-3,5-6,8-11,18,22H,4,7,12-14H2,(H,20,23)/t18-/m1/s1. The topological polar surface area (TPSA) is 52.6 Å². The molecular weight excluding hydrogens is 288 g/mol. The molecule has 1 atom stereocenters. The van der Waals surface area contributed by atoms with Gasteiger partial charge in [-0.05, 0) is 49.2 Å². The molecule has 0 spiro atoms. The van der Waals surface area contributed by atoms with Crippen LogP contribution in [0.2, 0.25) is 0 Å². The number of hydrogen-bond donors (Lipinski definition) is 2. The van der Waals surface area contributed by atoms with Gasteiger partial charge in [-0.25, -0.2) is 0 Å². The third kappa shape index (κ3) is 4.41. The number of likely N-dealkylation sites (tertiary alicyclic amines) is 1. The number of nitrogens with one attached hydrogen (secondary N) is 1. The van der Waals surface area contributed by atoms with Crippen molar-refractivity contribution in [3.63, 3.8) is 0 Å². The number of aliphatic hydroxyl groups is 1. The Kier molecular flexibility index (Phi) is 5.05. The Balaban J connectivity index is 1.59. The van der Waals surface area contributed by atoms with Gasteiger partial charge in [0, 0.05) is 24.3 Å². The zero-order valence-corrected chi connectivity index (χ0v) is 13.1. The summed E-state index contributed by atoms with van der Waals surface area (Å²) in [5, 5.41) is 12.6. The van der Waals surface area contributed by atoms with Crippen molar-refractivity contribution in [2.45, 2.75) is 25.5 Å². The zero-order valence-electron chi connectivity index (χ0n) is 13.1. The van der Waals surface area contributed by atoms with Crippen LogP contribution in [0.15, 0.2) is 54.6 Å². The van der Waals surface area contributed by atoms with E-state index in [2.05, 4.69) is 10.2 Å². The van der Waals surface area contributed by atoms with Crippen LogP contribution in [0.4, 0.5) is 5.69 Å². The molecule has 1 aliphatic rings. The number of carbonyl (C=O) groups is 1. The lowest BCUT2D eigenvalue weighted by molar-refractivity contribution is 0.0668. The summed E-state index contributed by atoms with van der Waals surface area (Å²) < 4.78 is 0. The Morgan fingerprint density at radius 3 is 2.57 bits per heavy atom. The van der Waals surface area contributed by atoms with Crippen LogP contribution in [0.25, 0.3) is 0 Å². The highest BCUT2D eigenvalue weighted by Crippen LogP contribution is 2.15. The highest BCUT2D eigenvalue weighted by atomic mass is 16.3. The third-order valence-corrected chi connectivity index (χ3v) is 4.13. The minimum absolute atomic E-state index is 0.101. The van der Waals surface area contributed by atoms with E-state index in [1.807, 2.05) is 54.6 Å². The number of carbonyl (C=O) groups excluding carboxylic acids is 1. The largest absolute Gasteiger partial charge is 0.392 e. The number of β-amino-alcohol motifs (C(OH)–C–C–N with tert-alkyl or cyclic N) is 1. The van der Waals surface area contributed by atoms with Crippen LogP contribution in [0.3, 0.4) is 0 Å². The van der Waals surface area contributed by atoms with Crippen LogP contribution in [0.5, 0.6) is 0 Å². The molecule has 3 rings (SSSR count). The van der Waals surface area contributed by atoms with Crippen LogP contribution in [0.1, 0.15) is 28.8 Å². The summed E-state index contributed by atoms with van der Waals surface area (Å²) in [6, 6.07) is 17.1. The maximum Gasteiger partial charge on any atom is 0.255 e. The van der Waals surface area contributed by atoms with Gasteiger partial charge in [-0.1, -0.05) is 30.3 Å². The lowest BCUT2D eigenvalue weighted by Crippen LogP contribution is -2.37. The van der Waals surface area contributed by atoms with Crippen LogP contribution in [-0.4, -0.2) is 35.1 Å². The van der Waals surface area contributed by atoms with E-state index in [9.17, 15) is 9.90 Å². The number of nitrogens with zero attached hydrogens (tertiary/aromatic N) is 1. The van der Waals surface area contributed by atoms with Crippen LogP contribution >= 0.6 is 0 Å². The van der Waals surface area contributed by atoms with Gasteiger partial charge in [0.1, 0.15) is 0 Å². The highest BCUT2D eigenvalue weighted by Gasteiger charge is 2.17. The van der Waals surface area contributed by atoms with Crippen molar-refractivity contribution in [3.05, 3.63) is 65.7 Å². The summed E-state index contributed by atoms with van der Waals surface area (Å²) >= 11 is 0. The number of para-hydroxylation sites is 1. The molecule has 2 N–H and O–H groups in total. The van der Waals surface area contributed by atoms with Crippen LogP contribution in [0, 0.1) is 0 Å². The predicted molar refractivity (Wildman–Crippen MR) is 91.4 cm³/mol. The minimum Gasteiger partial charge on any atom is -0.392 e. The Bertz CT molecular complexity index is 640. The summed E-state index contributed by atoms with van der Waals surface area (Å²) in [5.41, 5.74) is 2.61. The molecule has 1 amide bonds. The van der Waals surface area contributed by atoms with E-state index in [1.54, 1.807) is 0 Å². The quantitative estimate of drug-likeness (QED) is 0.913. The Labute approximate surface area is 136 Å². The molecule has 2 aromatic rings. The molecule has 0 bridgehead atoms. The summed E-state index contributed by atoms with van der Waals surface area (Å²) in [6.45, 7) is 2.57. The summed E-state index contributed by atoms with van der Waals surface area (Å²) in [5.74, 6) is -0.101. The van der Waals surface area contributed by atoms with Gasteiger partial charge < -0.3 is 10.4 Å². The fourth-order valence-electron chi connectivity index (χ4n) is 2.92. The molecule has 1 aliphatic heterocycles. The monoisotopic (exact) mass is 310 g/mol. The van der Waals surface area contributed by atoms with Crippen LogP contribution < -0.4 is 5.32 Å². The number of benzene rings is 2. The van der Waals surface area contributed by atoms with Gasteiger partial charge in [0.2, 0.25) is 0 Å². The van der Waals surface area contributed by atoms with Gasteiger partial charge in [-0.15, -0.1) is 0 Å². The van der Waals surface area contributed by atoms with Gasteiger partial charge in [0.25, 0.3) is 5.91 Å². The second-order valence-corrected chi connectivity index (χ2v) is 6.05. The van der Waals surface area contributed by atoms with E-state index in [0.29, 0.717) is 5.56 Å². The van der Waals surface area contributed by atoms with Crippen molar-refractivity contribution in [2.24, 2.45) is 0 Å². The predicted octanol–water partition coefficient (Wildman–Crippen LogP) is 2.90. The first-order chi connectivity index (χ1) is 11.2. The van der Waals surface area contributed by atoms with Gasteiger partial charge in [0.05, 0.1) is 6.10 Å². The first-order valence-electron chi connectivity index (χ1n) is 8.06. The molecule has 0 unspecified atom stereocenters. The van der Waals surface area contributed by atoms with Gasteiger partial charge in [0.15, 0.2) is 0 Å². The molecule has 0 aromatic heterocycles. The van der Waals surface area contributed by atoms with Crippen molar-refractivity contribution < 1.29 is 9.90 Å². The lowest BCUT2D eigenvalue weighted by atomic mass is 10.1. The number of anilines is 1. The average Bonchev–Trinajstić information content (AvgIpc) is 2.56. The summed E-state index contributed by atoms with van der Waals surface area (Å²) in [6.07, 6.45) is 1.73. The average molecular weight is 310 g/mol. The fourth-order valence-corrected chi connectivity index (χ4v) is 2.92. The van der Waals surface area contributed by atoms with Crippen molar-refractivity contribution in [3.8, 4) is 0 Å². The Morgan fingerprint density at radius 2 is 1.87 bits per heavy atom. The molecule has 1 fully saturated rings. The summed E-state index contributed by atoms with van der Waals surface area (Å²) in [7, 11) is 0. The first kappa shape index (κ1) is 15.7. The van der Waals surface area contributed by atoms with Crippen LogP contribution in [-0.2, 0) is 6.54 Å². The number of piperidine rings is 1. The second-order valence-electron chi connectivity index (χ2n) is 6.05. The third-order valence-electron chi connectivity index (χ3n) is 4.13. The van der Waals surface area contributed by atoms with Gasteiger partial charge >= 0.3 is 0 Å². The molecule has 1 heterocycles. The Morgan fingerprint density at radius 1 is 1.13 bits per heavy atom. The molecule has 23 heavy (non-hydrogen) atoms. The maximum absolute atomic E-state index is 12.2. The molecular formula is C19H22N2O2. The first-order valence-corrected chi connectivity index (χ1v) is 8.06. The molecule has 4 heteroatoms. The van der Waals surface area contributed by atoms with Crippen molar-refractivity contribution in [1.29, 1.82) is 0 Å². The van der Waals surface area contributed by atoms with E-state index in [-0.39, 0.29) is 12.0 Å². The van der Waals surface area contributed by atoms with E-state index in [0.717, 1.165) is 43.7 Å². The van der Waals surface area contributed by atoms with E-state index >= 15 is 0 Å². The van der Waals surface area contributed by atoms with Gasteiger partial charge in [-0.3, -0.25) is 9.69 Å². The number of hydrogen-bond acceptors (Lipinski definition) is 3. The summed E-state index contributed by atoms with van der Waals surface area (Å²) in [4.78, 5) is 14.5. The molecule has 0 saturated carbocycles. The van der Waals surface area contributed by atoms with Gasteiger partial charge in [-0.2, -0.15) is 0 Å². The number of rotatable bonds is 4. The fraction of sp³-hybridized carbons (Fsp3) is 0.316. The SMILES string of the molecule is O=C(Nc1ccccc1)c1ccc(CN2CCC[C@@H](O)C2)cc1. The maximum atomic E-state index is 12.2. The second kappa shape index (κ2) is 7.40. The lowest BCUT2D eigenvalue weighted by Gasteiger charge is -2.29. The molecule has 4 nitrogen and oxygen atoms in total. The minimum atomic E-state index is -0.209. The van der Waals surface area contributed by atoms with E-state index in [1.165, 1.54) is 0 Å². The van der Waals surface area contributed by atoms with Crippen molar-refractivity contribution in [1.82, 2.24) is 4.90 Å². The number of aliphatic hydroxyl groups excluding tert-OH is 1. The molecule has 0 radical (unpaired) electrons. The smallest absolute Gasteiger partial charge is 0.255 e. The zero-order chi connectivity index (χ0) is 16.1. The highest BCUT2D eigenvalue weighted by molar-refractivity contribution is 6.04. The van der Waals surface area contributed by atoms with E-state index < -0.39 is 0 Å².